The highest BCUT2D eigenvalue weighted by Gasteiger charge is 2.17. The molecule has 3 rings (SSSR count). The number of ether oxygens (including phenoxy) is 2. The second kappa shape index (κ2) is 11.4. The molecule has 0 atom stereocenters. The average molecular weight is 460 g/mol. The van der Waals surface area contributed by atoms with Crippen molar-refractivity contribution in [1.82, 2.24) is 0 Å². The summed E-state index contributed by atoms with van der Waals surface area (Å²) in [5.74, 6) is -1.96. The van der Waals surface area contributed by atoms with Gasteiger partial charge in [0.1, 0.15) is 0 Å². The van der Waals surface area contributed by atoms with Crippen molar-refractivity contribution in [3.05, 3.63) is 95.1 Å². The predicted molar refractivity (Wildman–Crippen MR) is 127 cm³/mol. The smallest absolute Gasteiger partial charge is 0.340 e. The van der Waals surface area contributed by atoms with Crippen LogP contribution >= 0.6 is 0 Å². The number of nitrogens with one attached hydrogen (secondary N) is 2. The van der Waals surface area contributed by atoms with Crippen LogP contribution in [0, 0.1) is 0 Å². The molecule has 0 fully saturated rings. The number of esters is 2. The molecular formula is C26H24N2O6. The third-order valence-electron chi connectivity index (χ3n) is 4.75. The molecule has 2 N–H and O–H groups in total. The monoisotopic (exact) mass is 460 g/mol. The van der Waals surface area contributed by atoms with Crippen molar-refractivity contribution in [2.75, 3.05) is 23.8 Å². The van der Waals surface area contributed by atoms with Crippen LogP contribution in [0.15, 0.2) is 72.8 Å². The summed E-state index contributed by atoms with van der Waals surface area (Å²) < 4.78 is 10.0. The Hall–Kier alpha value is -4.46. The number of amides is 2. The zero-order valence-corrected chi connectivity index (χ0v) is 18.8. The number of carbonyl (C=O) groups excluding carboxylic acids is 4. The first-order valence-electron chi connectivity index (χ1n) is 10.7. The highest BCUT2D eigenvalue weighted by Crippen LogP contribution is 2.19. The molecule has 0 saturated heterocycles. The molecule has 3 aromatic rings. The highest BCUT2D eigenvalue weighted by atomic mass is 16.5. The molecule has 0 aromatic heterocycles. The van der Waals surface area contributed by atoms with E-state index >= 15 is 0 Å². The number of para-hydroxylation sites is 2. The molecule has 0 heterocycles. The van der Waals surface area contributed by atoms with Gasteiger partial charge >= 0.3 is 11.9 Å². The zero-order valence-electron chi connectivity index (χ0n) is 18.8. The van der Waals surface area contributed by atoms with Crippen LogP contribution < -0.4 is 10.6 Å². The number of benzene rings is 3. The Morgan fingerprint density at radius 2 is 0.941 bits per heavy atom. The molecular weight excluding hydrogens is 436 g/mol. The van der Waals surface area contributed by atoms with E-state index in [9.17, 15) is 19.2 Å². The first kappa shape index (κ1) is 24.2. The van der Waals surface area contributed by atoms with Gasteiger partial charge in [-0.25, -0.2) is 9.59 Å². The lowest BCUT2D eigenvalue weighted by molar-refractivity contribution is 0.0517. The van der Waals surface area contributed by atoms with Gasteiger partial charge in [-0.2, -0.15) is 0 Å². The standard InChI is InChI=1S/C26H24N2O6/c1-3-33-25(31)19-9-5-7-11-21(19)27-23(29)17-13-15-18(16-14-17)24(30)28-22-12-8-6-10-20(22)26(32)34-4-2/h5-16H,3-4H2,1-2H3,(H,27,29)(H,28,30). The van der Waals surface area contributed by atoms with Crippen LogP contribution in [-0.2, 0) is 9.47 Å². The zero-order chi connectivity index (χ0) is 24.5. The molecule has 0 saturated carbocycles. The van der Waals surface area contributed by atoms with Gasteiger partial charge < -0.3 is 20.1 Å². The van der Waals surface area contributed by atoms with Crippen molar-refractivity contribution in [2.45, 2.75) is 13.8 Å². The average Bonchev–Trinajstić information content (AvgIpc) is 2.85. The van der Waals surface area contributed by atoms with Gasteiger partial charge in [-0.15, -0.1) is 0 Å². The van der Waals surface area contributed by atoms with Gasteiger partial charge in [0.2, 0.25) is 0 Å². The molecule has 0 unspecified atom stereocenters. The van der Waals surface area contributed by atoms with Crippen LogP contribution in [0.1, 0.15) is 55.3 Å². The summed E-state index contributed by atoms with van der Waals surface area (Å²) in [6.45, 7) is 3.84. The maximum Gasteiger partial charge on any atom is 0.340 e. The molecule has 2 amide bonds. The largest absolute Gasteiger partial charge is 0.462 e. The summed E-state index contributed by atoms with van der Waals surface area (Å²) in [5, 5.41) is 5.39. The summed E-state index contributed by atoms with van der Waals surface area (Å²) in [6.07, 6.45) is 0. The molecule has 8 heteroatoms. The van der Waals surface area contributed by atoms with Crippen LogP contribution in [0.4, 0.5) is 11.4 Å². The number of hydrogen-bond donors (Lipinski definition) is 2. The first-order valence-corrected chi connectivity index (χ1v) is 10.7. The third-order valence-corrected chi connectivity index (χ3v) is 4.75. The van der Waals surface area contributed by atoms with E-state index in [1.165, 1.54) is 24.3 Å². The molecule has 174 valence electrons. The molecule has 0 aliphatic rings. The second-order valence-corrected chi connectivity index (χ2v) is 7.02. The SMILES string of the molecule is CCOC(=O)c1ccccc1NC(=O)c1ccc(C(=O)Nc2ccccc2C(=O)OCC)cc1. The summed E-state index contributed by atoms with van der Waals surface area (Å²) in [4.78, 5) is 49.6. The van der Waals surface area contributed by atoms with Crippen molar-refractivity contribution >= 4 is 35.1 Å². The molecule has 0 radical (unpaired) electrons. The lowest BCUT2D eigenvalue weighted by Crippen LogP contribution is -2.17. The van der Waals surface area contributed by atoms with Crippen LogP contribution in [0.2, 0.25) is 0 Å². The summed E-state index contributed by atoms with van der Waals surface area (Å²) in [5.41, 5.74) is 1.72. The maximum atomic E-state index is 12.7. The van der Waals surface area contributed by atoms with Crippen molar-refractivity contribution < 1.29 is 28.7 Å². The van der Waals surface area contributed by atoms with Crippen molar-refractivity contribution in [3.63, 3.8) is 0 Å². The topological polar surface area (TPSA) is 111 Å². The van der Waals surface area contributed by atoms with Gasteiger partial charge in [0.15, 0.2) is 0 Å². The number of hydrogen-bond acceptors (Lipinski definition) is 6. The fourth-order valence-corrected chi connectivity index (χ4v) is 3.12. The number of anilines is 2. The number of carbonyl (C=O) groups is 4. The van der Waals surface area contributed by atoms with E-state index in [4.69, 9.17) is 9.47 Å². The first-order chi connectivity index (χ1) is 16.4. The van der Waals surface area contributed by atoms with Crippen molar-refractivity contribution in [3.8, 4) is 0 Å². The Labute approximate surface area is 196 Å². The van der Waals surface area contributed by atoms with E-state index in [0.717, 1.165) is 0 Å². The Bertz CT molecular complexity index is 1110. The second-order valence-electron chi connectivity index (χ2n) is 7.02. The Morgan fingerprint density at radius 3 is 1.29 bits per heavy atom. The minimum absolute atomic E-state index is 0.217. The van der Waals surface area contributed by atoms with E-state index in [-0.39, 0.29) is 24.3 Å². The highest BCUT2D eigenvalue weighted by molar-refractivity contribution is 6.10. The van der Waals surface area contributed by atoms with Gasteiger partial charge in [-0.3, -0.25) is 9.59 Å². The quantitative estimate of drug-likeness (QED) is 0.478. The minimum atomic E-state index is -0.534. The minimum Gasteiger partial charge on any atom is -0.462 e. The molecule has 0 spiro atoms. The molecule has 34 heavy (non-hydrogen) atoms. The van der Waals surface area contributed by atoms with E-state index in [1.54, 1.807) is 62.4 Å². The van der Waals surface area contributed by atoms with E-state index in [1.807, 2.05) is 0 Å². The Kier molecular flexibility index (Phi) is 8.12. The van der Waals surface area contributed by atoms with Crippen LogP contribution in [-0.4, -0.2) is 37.0 Å². The van der Waals surface area contributed by atoms with Crippen molar-refractivity contribution in [1.29, 1.82) is 0 Å². The fraction of sp³-hybridized carbons (Fsp3) is 0.154. The van der Waals surface area contributed by atoms with Crippen LogP contribution in [0.25, 0.3) is 0 Å². The van der Waals surface area contributed by atoms with Crippen molar-refractivity contribution in [2.24, 2.45) is 0 Å². The van der Waals surface area contributed by atoms with Gasteiger partial charge in [0.25, 0.3) is 11.8 Å². The number of rotatable bonds is 8. The molecule has 0 aliphatic carbocycles. The van der Waals surface area contributed by atoms with E-state index in [2.05, 4.69) is 10.6 Å². The maximum absolute atomic E-state index is 12.7. The van der Waals surface area contributed by atoms with Crippen LogP contribution in [0.5, 0.6) is 0 Å². The third kappa shape index (κ3) is 5.86. The summed E-state index contributed by atoms with van der Waals surface area (Å²) in [7, 11) is 0. The van der Waals surface area contributed by atoms with Gasteiger partial charge in [0, 0.05) is 11.1 Å². The Balaban J connectivity index is 1.72. The normalized spacial score (nSPS) is 10.2. The van der Waals surface area contributed by atoms with E-state index < -0.39 is 23.8 Å². The van der Waals surface area contributed by atoms with Gasteiger partial charge in [0.05, 0.1) is 35.7 Å². The van der Waals surface area contributed by atoms with Gasteiger partial charge in [-0.1, -0.05) is 24.3 Å². The Morgan fingerprint density at radius 1 is 0.588 bits per heavy atom. The summed E-state index contributed by atoms with van der Waals surface area (Å²) in [6, 6.07) is 19.1. The molecule has 8 nitrogen and oxygen atoms in total. The predicted octanol–water partition coefficient (Wildman–Crippen LogP) is 4.54. The van der Waals surface area contributed by atoms with Crippen LogP contribution in [0.3, 0.4) is 0 Å². The molecule has 0 bridgehead atoms. The fourth-order valence-electron chi connectivity index (χ4n) is 3.12. The van der Waals surface area contributed by atoms with E-state index in [0.29, 0.717) is 22.5 Å². The lowest BCUT2D eigenvalue weighted by atomic mass is 10.1. The lowest BCUT2D eigenvalue weighted by Gasteiger charge is -2.11. The summed E-state index contributed by atoms with van der Waals surface area (Å²) >= 11 is 0. The molecule has 3 aromatic carbocycles. The van der Waals surface area contributed by atoms with Gasteiger partial charge in [-0.05, 0) is 62.4 Å². The molecule has 0 aliphatic heterocycles.